The number of hydrogen-bond donors (Lipinski definition) is 0. The predicted molar refractivity (Wildman–Crippen MR) is 178 cm³/mol. The van der Waals surface area contributed by atoms with Crippen molar-refractivity contribution in [2.45, 2.75) is 77.2 Å². The Morgan fingerprint density at radius 1 is 0.756 bits per heavy atom. The van der Waals surface area contributed by atoms with E-state index in [1.54, 1.807) is 0 Å². The van der Waals surface area contributed by atoms with Crippen molar-refractivity contribution in [2.24, 2.45) is 17.3 Å². The summed E-state index contributed by atoms with van der Waals surface area (Å²) in [6.07, 6.45) is 5.70. The first-order chi connectivity index (χ1) is 21.9. The number of benzene rings is 4. The zero-order valence-electron chi connectivity index (χ0n) is 26.1. The molecule has 4 aromatic carbocycles. The number of aryl methyl sites for hydroxylation is 1. The van der Waals surface area contributed by atoms with E-state index in [4.69, 9.17) is 8.92 Å². The summed E-state index contributed by atoms with van der Waals surface area (Å²) in [5, 5.41) is 0. The zero-order chi connectivity index (χ0) is 30.9. The fourth-order valence-corrected chi connectivity index (χ4v) is 9.84. The van der Waals surface area contributed by atoms with E-state index in [2.05, 4.69) is 37.3 Å². The molecule has 2 saturated carbocycles. The maximum absolute atomic E-state index is 14.0. The van der Waals surface area contributed by atoms with Crippen LogP contribution in [-0.4, -0.2) is 18.8 Å². The molecule has 0 amide bonds. The van der Waals surface area contributed by atoms with Crippen molar-refractivity contribution in [2.75, 3.05) is 0 Å². The smallest absolute Gasteiger partial charge is 0.339 e. The number of rotatable bonds is 10. The molecule has 3 unspecified atom stereocenters. The summed E-state index contributed by atoms with van der Waals surface area (Å²) in [4.78, 5) is 0. The first-order valence-corrected chi connectivity index (χ1v) is 17.8. The van der Waals surface area contributed by atoms with Crippen LogP contribution in [0.2, 0.25) is 0 Å². The number of hydrogen-bond acceptors (Lipinski definition) is 4. The first kappa shape index (κ1) is 30.2. The van der Waals surface area contributed by atoms with Gasteiger partial charge in [0.2, 0.25) is 0 Å². The second-order valence-corrected chi connectivity index (χ2v) is 15.0. The summed E-state index contributed by atoms with van der Waals surface area (Å²) >= 11 is 0. The predicted octanol–water partition coefficient (Wildman–Crippen LogP) is 8.45. The number of nitrogens with zero attached hydrogens (tertiary/aromatic N) is 1. The molecule has 5 atom stereocenters. The lowest BCUT2D eigenvalue weighted by atomic mass is 9.55. The Morgan fingerprint density at radius 3 is 2.02 bits per heavy atom. The fourth-order valence-electron chi connectivity index (χ4n) is 8.50. The highest BCUT2D eigenvalue weighted by atomic mass is 32.2. The minimum Gasteiger partial charge on any atom is -0.489 e. The average Bonchev–Trinajstić information content (AvgIpc) is 3.39. The summed E-state index contributed by atoms with van der Waals surface area (Å²) in [7, 11) is -3.98. The Bertz CT molecular complexity index is 1650. The second-order valence-electron chi connectivity index (χ2n) is 13.5. The van der Waals surface area contributed by atoms with Crippen LogP contribution >= 0.6 is 0 Å². The standard InChI is InChI=1S/C39H43NO4S/c1-39-24-23-35-34-20-18-33(43-28-31-15-9-4-10-16-31)25-32(34)17-19-36(35)37(39)21-22-38(39)44-45(41,42)40(26-29-11-5-2-6-12-29)27-30-13-7-3-8-14-30/h2-16,18,20,25,35-38H,17,19,21-24,26-28H2,1H3/t35?,36?,37?,38-,39-/m0/s1. The Hall–Kier alpha value is -3.45. The van der Waals surface area contributed by atoms with Gasteiger partial charge in [-0.2, -0.15) is 12.7 Å². The molecule has 0 bridgehead atoms. The molecule has 0 N–H and O–H groups in total. The first-order valence-electron chi connectivity index (χ1n) is 16.4. The Balaban J connectivity index is 1.06. The van der Waals surface area contributed by atoms with Crippen LogP contribution in [0.5, 0.6) is 5.75 Å². The van der Waals surface area contributed by atoms with E-state index in [-0.39, 0.29) is 24.6 Å². The highest BCUT2D eigenvalue weighted by Crippen LogP contribution is 2.62. The Kier molecular flexibility index (Phi) is 8.56. The van der Waals surface area contributed by atoms with Crippen LogP contribution in [0.3, 0.4) is 0 Å². The Labute approximate surface area is 268 Å². The Morgan fingerprint density at radius 2 is 1.38 bits per heavy atom. The van der Waals surface area contributed by atoms with Gasteiger partial charge < -0.3 is 4.74 Å². The van der Waals surface area contributed by atoms with Gasteiger partial charge in [0.05, 0.1) is 6.10 Å². The molecule has 0 heterocycles. The van der Waals surface area contributed by atoms with Crippen LogP contribution < -0.4 is 4.74 Å². The van der Waals surface area contributed by atoms with Crippen LogP contribution in [0.4, 0.5) is 0 Å². The van der Waals surface area contributed by atoms with Crippen molar-refractivity contribution in [3.8, 4) is 5.75 Å². The van der Waals surface area contributed by atoms with Crippen molar-refractivity contribution in [1.29, 1.82) is 0 Å². The summed E-state index contributed by atoms with van der Waals surface area (Å²) in [6, 6.07) is 36.6. The molecule has 2 fully saturated rings. The summed E-state index contributed by atoms with van der Waals surface area (Å²) in [5.41, 5.74) is 5.79. The molecule has 4 aromatic rings. The second kappa shape index (κ2) is 12.7. The van der Waals surface area contributed by atoms with Crippen LogP contribution in [0.25, 0.3) is 0 Å². The number of fused-ring (bicyclic) bond motifs is 5. The maximum atomic E-state index is 14.0. The van der Waals surface area contributed by atoms with Crippen molar-refractivity contribution in [1.82, 2.24) is 4.31 Å². The van der Waals surface area contributed by atoms with Gasteiger partial charge in [-0.25, -0.2) is 0 Å². The third kappa shape index (κ3) is 6.33. The molecule has 0 aliphatic heterocycles. The molecular formula is C39H43NO4S. The van der Waals surface area contributed by atoms with Crippen molar-refractivity contribution < 1.29 is 17.3 Å². The van der Waals surface area contributed by atoms with Gasteiger partial charge in [-0.15, -0.1) is 0 Å². The fraction of sp³-hybridized carbons (Fsp3) is 0.385. The maximum Gasteiger partial charge on any atom is 0.339 e. The van der Waals surface area contributed by atoms with Crippen molar-refractivity contribution >= 4 is 10.3 Å². The third-order valence-corrected chi connectivity index (χ3v) is 12.2. The molecule has 0 aromatic heterocycles. The van der Waals surface area contributed by atoms with Crippen molar-refractivity contribution in [3.05, 3.63) is 137 Å². The largest absolute Gasteiger partial charge is 0.489 e. The monoisotopic (exact) mass is 621 g/mol. The van der Waals surface area contributed by atoms with Crippen LogP contribution in [-0.2, 0) is 40.6 Å². The highest BCUT2D eigenvalue weighted by molar-refractivity contribution is 7.84. The summed E-state index contributed by atoms with van der Waals surface area (Å²) in [5.74, 6) is 2.45. The van der Waals surface area contributed by atoms with E-state index in [1.807, 2.05) is 78.9 Å². The highest BCUT2D eigenvalue weighted by Gasteiger charge is 2.56. The summed E-state index contributed by atoms with van der Waals surface area (Å²) in [6.45, 7) is 3.44. The van der Waals surface area contributed by atoms with Crippen LogP contribution in [0.15, 0.2) is 109 Å². The van der Waals surface area contributed by atoms with Gasteiger partial charge in [0.1, 0.15) is 12.4 Å². The van der Waals surface area contributed by atoms with E-state index < -0.39 is 10.3 Å². The molecule has 3 aliphatic carbocycles. The van der Waals surface area contributed by atoms with E-state index in [9.17, 15) is 8.42 Å². The van der Waals surface area contributed by atoms with E-state index >= 15 is 0 Å². The molecule has 0 radical (unpaired) electrons. The van der Waals surface area contributed by atoms with Crippen LogP contribution in [0, 0.1) is 17.3 Å². The average molecular weight is 622 g/mol. The molecule has 0 spiro atoms. The summed E-state index contributed by atoms with van der Waals surface area (Å²) < 4.78 is 42.0. The van der Waals surface area contributed by atoms with Gasteiger partial charge in [0.15, 0.2) is 0 Å². The SMILES string of the molecule is C[C@]12CCC3c4ccc(OCc5ccccc5)cc4CCC3C1CC[C@@H]2OS(=O)(=O)N(Cc1ccccc1)Cc1ccccc1. The molecule has 7 rings (SSSR count). The minimum atomic E-state index is -3.98. The van der Waals surface area contributed by atoms with Crippen LogP contribution in [0.1, 0.15) is 72.8 Å². The van der Waals surface area contributed by atoms with Gasteiger partial charge in [-0.3, -0.25) is 4.18 Å². The van der Waals surface area contributed by atoms with Crippen molar-refractivity contribution in [3.63, 3.8) is 0 Å². The van der Waals surface area contributed by atoms with Gasteiger partial charge in [0, 0.05) is 13.1 Å². The third-order valence-electron chi connectivity index (χ3n) is 10.8. The van der Waals surface area contributed by atoms with E-state index in [0.29, 0.717) is 24.4 Å². The number of ether oxygens (including phenoxy) is 1. The zero-order valence-corrected chi connectivity index (χ0v) is 26.9. The van der Waals surface area contributed by atoms with Gasteiger partial charge >= 0.3 is 10.3 Å². The molecule has 5 nitrogen and oxygen atoms in total. The van der Waals surface area contributed by atoms with Gasteiger partial charge in [-0.1, -0.05) is 104 Å². The van der Waals surface area contributed by atoms with Gasteiger partial charge in [0.25, 0.3) is 0 Å². The quantitative estimate of drug-likeness (QED) is 0.178. The normalized spacial score (nSPS) is 25.7. The molecule has 0 saturated heterocycles. The van der Waals surface area contributed by atoms with E-state index in [1.165, 1.54) is 21.0 Å². The van der Waals surface area contributed by atoms with E-state index in [0.717, 1.165) is 55.4 Å². The molecule has 3 aliphatic rings. The van der Waals surface area contributed by atoms with Gasteiger partial charge in [-0.05, 0) is 102 Å². The molecule has 6 heteroatoms. The molecule has 45 heavy (non-hydrogen) atoms. The lowest BCUT2D eigenvalue weighted by Crippen LogP contribution is -2.46. The lowest BCUT2D eigenvalue weighted by Gasteiger charge is -2.50. The molecule has 234 valence electrons. The minimum absolute atomic E-state index is 0.157. The topological polar surface area (TPSA) is 55.8 Å². The molecular weight excluding hydrogens is 578 g/mol. The lowest BCUT2D eigenvalue weighted by molar-refractivity contribution is -0.0114.